The van der Waals surface area contributed by atoms with Crippen molar-refractivity contribution in [3.63, 3.8) is 0 Å². The van der Waals surface area contributed by atoms with E-state index in [2.05, 4.69) is 11.8 Å². The number of ketones is 1. The summed E-state index contributed by atoms with van der Waals surface area (Å²) in [6, 6.07) is 7.42. The Hall–Kier alpha value is -1.39. The predicted octanol–water partition coefficient (Wildman–Crippen LogP) is 2.77. The number of hydrogen-bond acceptors (Lipinski definition) is 4. The van der Waals surface area contributed by atoms with Crippen molar-refractivity contribution in [1.82, 2.24) is 4.90 Å². The summed E-state index contributed by atoms with van der Waals surface area (Å²) in [6.45, 7) is 8.00. The number of carbonyl (C=O) groups is 1. The van der Waals surface area contributed by atoms with Gasteiger partial charge in [0.05, 0.1) is 11.7 Å². The lowest BCUT2D eigenvalue weighted by atomic mass is 10.1. The minimum Gasteiger partial charge on any atom is -0.491 e. The van der Waals surface area contributed by atoms with Crippen molar-refractivity contribution in [3.05, 3.63) is 29.8 Å². The maximum Gasteiger partial charge on any atom is 0.163 e. The van der Waals surface area contributed by atoms with E-state index < -0.39 is 0 Å². The summed E-state index contributed by atoms with van der Waals surface area (Å²) < 4.78 is 11.5. The summed E-state index contributed by atoms with van der Waals surface area (Å²) >= 11 is 0. The highest BCUT2D eigenvalue weighted by Crippen LogP contribution is 2.18. The van der Waals surface area contributed by atoms with E-state index in [0.717, 1.165) is 32.7 Å². The average Bonchev–Trinajstić information content (AvgIpc) is 2.99. The molecule has 0 aromatic heterocycles. The molecule has 1 fully saturated rings. The smallest absolute Gasteiger partial charge is 0.163 e. The van der Waals surface area contributed by atoms with Gasteiger partial charge in [-0.1, -0.05) is 19.1 Å². The number of nitrogens with zero attached hydrogens (tertiary/aromatic N) is 1. The Labute approximate surface area is 127 Å². The molecule has 0 amide bonds. The lowest BCUT2D eigenvalue weighted by Crippen LogP contribution is -2.35. The fraction of sp³-hybridized carbons (Fsp3) is 0.588. The monoisotopic (exact) mass is 291 g/mol. The van der Waals surface area contributed by atoms with E-state index in [1.54, 1.807) is 6.92 Å². The Kier molecular flexibility index (Phi) is 6.21. The highest BCUT2D eigenvalue weighted by Gasteiger charge is 2.18. The predicted molar refractivity (Wildman–Crippen MR) is 83.0 cm³/mol. The number of carbonyl (C=O) groups excluding carboxylic acids is 1. The number of para-hydroxylation sites is 1. The summed E-state index contributed by atoms with van der Waals surface area (Å²) in [5.41, 5.74) is 0.652. The van der Waals surface area contributed by atoms with Gasteiger partial charge in [0.15, 0.2) is 5.78 Å². The van der Waals surface area contributed by atoms with Gasteiger partial charge in [-0.05, 0) is 38.4 Å². The van der Waals surface area contributed by atoms with E-state index in [-0.39, 0.29) is 5.78 Å². The summed E-state index contributed by atoms with van der Waals surface area (Å²) in [6.07, 6.45) is 2.70. The first-order chi connectivity index (χ1) is 10.2. The van der Waals surface area contributed by atoms with Crippen LogP contribution in [0.15, 0.2) is 24.3 Å². The quantitative estimate of drug-likeness (QED) is 0.690. The highest BCUT2D eigenvalue weighted by molar-refractivity contribution is 5.96. The van der Waals surface area contributed by atoms with E-state index in [4.69, 9.17) is 9.47 Å². The van der Waals surface area contributed by atoms with Crippen LogP contribution in [0.2, 0.25) is 0 Å². The van der Waals surface area contributed by atoms with Crippen LogP contribution in [0.1, 0.15) is 37.0 Å². The van der Waals surface area contributed by atoms with E-state index in [1.807, 2.05) is 24.3 Å². The van der Waals surface area contributed by atoms with Crippen molar-refractivity contribution in [3.8, 4) is 5.75 Å². The minimum atomic E-state index is 0.0392. The van der Waals surface area contributed by atoms with Gasteiger partial charge in [-0.15, -0.1) is 0 Å². The third-order valence-corrected chi connectivity index (χ3v) is 3.86. The van der Waals surface area contributed by atoms with Crippen LogP contribution in [0.3, 0.4) is 0 Å². The van der Waals surface area contributed by atoms with Crippen LogP contribution in [0, 0.1) is 0 Å². The van der Waals surface area contributed by atoms with Crippen LogP contribution in [-0.2, 0) is 4.74 Å². The number of ether oxygens (including phenoxy) is 2. The minimum absolute atomic E-state index is 0.0392. The summed E-state index contributed by atoms with van der Waals surface area (Å²) in [5, 5.41) is 0. The van der Waals surface area contributed by atoms with Crippen LogP contribution < -0.4 is 4.74 Å². The van der Waals surface area contributed by atoms with Crippen molar-refractivity contribution >= 4 is 5.78 Å². The molecule has 2 rings (SSSR count). The molecule has 1 unspecified atom stereocenters. The second-order valence-electron chi connectivity index (χ2n) is 5.43. The Morgan fingerprint density at radius 3 is 2.90 bits per heavy atom. The molecule has 1 aromatic rings. The van der Waals surface area contributed by atoms with Crippen LogP contribution in [0.5, 0.6) is 5.75 Å². The maximum atomic E-state index is 11.5. The van der Waals surface area contributed by atoms with E-state index in [9.17, 15) is 4.79 Å². The highest BCUT2D eigenvalue weighted by atomic mass is 16.5. The van der Waals surface area contributed by atoms with Gasteiger partial charge >= 0.3 is 0 Å². The van der Waals surface area contributed by atoms with Crippen LogP contribution >= 0.6 is 0 Å². The van der Waals surface area contributed by atoms with Gasteiger partial charge in [0.2, 0.25) is 0 Å². The molecular formula is C17H25NO3. The number of Topliss-reactive ketones (excluding diaryl/α,β-unsaturated/α-hetero) is 1. The molecule has 0 saturated carbocycles. The molecule has 1 aromatic carbocycles. The van der Waals surface area contributed by atoms with Gasteiger partial charge in [-0.25, -0.2) is 0 Å². The Morgan fingerprint density at radius 2 is 2.24 bits per heavy atom. The van der Waals surface area contributed by atoms with Crippen LogP contribution in [0.25, 0.3) is 0 Å². The molecule has 1 atom stereocenters. The summed E-state index contributed by atoms with van der Waals surface area (Å²) in [5.74, 6) is 0.718. The maximum absolute atomic E-state index is 11.5. The Morgan fingerprint density at radius 1 is 1.43 bits per heavy atom. The van der Waals surface area contributed by atoms with Crippen LogP contribution in [0.4, 0.5) is 0 Å². The van der Waals surface area contributed by atoms with Gasteiger partial charge in [-0.3, -0.25) is 9.69 Å². The number of rotatable bonds is 8. The molecule has 1 heterocycles. The van der Waals surface area contributed by atoms with E-state index >= 15 is 0 Å². The first kappa shape index (κ1) is 16.0. The number of likely N-dealkylation sites (N-methyl/N-ethyl adjacent to an activating group) is 1. The second kappa shape index (κ2) is 8.15. The first-order valence-corrected chi connectivity index (χ1v) is 7.77. The van der Waals surface area contributed by atoms with Gasteiger partial charge in [0.1, 0.15) is 12.4 Å². The second-order valence-corrected chi connectivity index (χ2v) is 5.43. The molecule has 0 aliphatic carbocycles. The lowest BCUT2D eigenvalue weighted by Gasteiger charge is -2.23. The molecule has 4 nitrogen and oxygen atoms in total. The zero-order valence-corrected chi connectivity index (χ0v) is 13.0. The summed E-state index contributed by atoms with van der Waals surface area (Å²) in [7, 11) is 0. The van der Waals surface area contributed by atoms with Crippen molar-refractivity contribution < 1.29 is 14.3 Å². The zero-order chi connectivity index (χ0) is 15.1. The fourth-order valence-electron chi connectivity index (χ4n) is 2.62. The standard InChI is InChI=1S/C17H25NO3/c1-3-18(13-15-7-6-11-20-15)10-12-21-17-9-5-4-8-16(17)14(2)19/h4-5,8-9,15H,3,6-7,10-13H2,1-2H3. The van der Waals surface area contributed by atoms with Crippen LogP contribution in [-0.4, -0.2) is 49.6 Å². The Bertz CT molecular complexity index is 455. The van der Waals surface area contributed by atoms with Crippen molar-refractivity contribution in [2.75, 3.05) is 32.8 Å². The summed E-state index contributed by atoms with van der Waals surface area (Å²) in [4.78, 5) is 13.9. The van der Waals surface area contributed by atoms with Gasteiger partial charge in [0, 0.05) is 19.7 Å². The average molecular weight is 291 g/mol. The molecule has 0 radical (unpaired) electrons. The molecule has 0 bridgehead atoms. The molecular weight excluding hydrogens is 266 g/mol. The Balaban J connectivity index is 1.80. The van der Waals surface area contributed by atoms with Gasteiger partial charge in [0.25, 0.3) is 0 Å². The first-order valence-electron chi connectivity index (χ1n) is 7.77. The SMILES string of the molecule is CCN(CCOc1ccccc1C(C)=O)CC1CCCO1. The molecule has 116 valence electrons. The van der Waals surface area contributed by atoms with E-state index in [1.165, 1.54) is 6.42 Å². The molecule has 1 aliphatic heterocycles. The number of hydrogen-bond donors (Lipinski definition) is 0. The largest absolute Gasteiger partial charge is 0.491 e. The lowest BCUT2D eigenvalue weighted by molar-refractivity contribution is 0.0700. The topological polar surface area (TPSA) is 38.8 Å². The molecule has 1 aliphatic rings. The third kappa shape index (κ3) is 4.83. The van der Waals surface area contributed by atoms with E-state index in [0.29, 0.717) is 24.0 Å². The van der Waals surface area contributed by atoms with Gasteiger partial charge in [-0.2, -0.15) is 0 Å². The van der Waals surface area contributed by atoms with Crippen molar-refractivity contribution in [1.29, 1.82) is 0 Å². The van der Waals surface area contributed by atoms with Gasteiger partial charge < -0.3 is 9.47 Å². The molecule has 4 heteroatoms. The number of benzene rings is 1. The molecule has 0 N–H and O–H groups in total. The molecule has 21 heavy (non-hydrogen) atoms. The van der Waals surface area contributed by atoms with Crippen molar-refractivity contribution in [2.45, 2.75) is 32.8 Å². The normalized spacial score (nSPS) is 18.1. The fourth-order valence-corrected chi connectivity index (χ4v) is 2.62. The molecule has 0 spiro atoms. The molecule has 1 saturated heterocycles. The van der Waals surface area contributed by atoms with Crippen molar-refractivity contribution in [2.24, 2.45) is 0 Å². The zero-order valence-electron chi connectivity index (χ0n) is 13.0. The third-order valence-electron chi connectivity index (χ3n) is 3.86.